The van der Waals surface area contributed by atoms with E-state index in [2.05, 4.69) is 97.1 Å². The van der Waals surface area contributed by atoms with Crippen LogP contribution in [-0.2, 0) is 0 Å². The molecule has 0 saturated carbocycles. The first-order valence-electron chi connectivity index (χ1n) is 15.1. The van der Waals surface area contributed by atoms with Gasteiger partial charge in [0.15, 0.2) is 0 Å². The van der Waals surface area contributed by atoms with Crippen LogP contribution in [0.1, 0.15) is 0 Å². The maximum atomic E-state index is 14.1. The molecule has 0 radical (unpaired) electrons. The molecule has 1 heterocycles. The second kappa shape index (κ2) is 11.2. The zero-order valence-electron chi connectivity index (χ0n) is 24.5. The molecular formula is C42H28N2O. The monoisotopic (exact) mass is 576 g/mol. The first-order chi connectivity index (χ1) is 22.2. The Labute approximate surface area is 261 Å². The minimum Gasteiger partial charge on any atom is -0.268 e. The van der Waals surface area contributed by atoms with E-state index in [-0.39, 0.29) is 5.56 Å². The summed E-state index contributed by atoms with van der Waals surface area (Å²) >= 11 is 0. The maximum absolute atomic E-state index is 14.1. The topological polar surface area (TPSA) is 34.9 Å². The van der Waals surface area contributed by atoms with E-state index in [1.54, 1.807) is 4.57 Å². The molecule has 0 aliphatic carbocycles. The third-order valence-electron chi connectivity index (χ3n) is 8.40. The fraction of sp³-hybridized carbons (Fsp3) is 0. The van der Waals surface area contributed by atoms with Crippen LogP contribution in [0.3, 0.4) is 0 Å². The van der Waals surface area contributed by atoms with E-state index in [1.807, 2.05) is 72.8 Å². The van der Waals surface area contributed by atoms with Gasteiger partial charge in [-0.05, 0) is 75.2 Å². The SMILES string of the molecule is O=c1c2ccc3ccccc3c2nc(-c2ccc(-c3cc(-c4ccccc4)cc(-c4ccccc4)c3)cc2)n1-c1ccccc1. The van der Waals surface area contributed by atoms with Crippen molar-refractivity contribution in [3.8, 4) is 50.5 Å². The molecule has 8 rings (SSSR count). The van der Waals surface area contributed by atoms with Crippen molar-refractivity contribution in [3.63, 3.8) is 0 Å². The smallest absolute Gasteiger partial charge is 0.266 e. The van der Waals surface area contributed by atoms with Crippen LogP contribution in [0.25, 0.3) is 72.1 Å². The highest BCUT2D eigenvalue weighted by molar-refractivity contribution is 6.05. The molecule has 0 fully saturated rings. The summed E-state index contributed by atoms with van der Waals surface area (Å²) in [5.74, 6) is 0.615. The summed E-state index contributed by atoms with van der Waals surface area (Å²) in [6, 6.07) is 57.9. The van der Waals surface area contributed by atoms with Gasteiger partial charge in [0.05, 0.1) is 16.6 Å². The molecule has 3 nitrogen and oxygen atoms in total. The number of rotatable bonds is 5. The molecule has 0 bridgehead atoms. The Morgan fingerprint density at radius 2 is 0.889 bits per heavy atom. The van der Waals surface area contributed by atoms with Crippen LogP contribution in [0.15, 0.2) is 175 Å². The van der Waals surface area contributed by atoms with Gasteiger partial charge < -0.3 is 0 Å². The van der Waals surface area contributed by atoms with Crippen molar-refractivity contribution in [3.05, 3.63) is 180 Å². The Balaban J connectivity index is 1.30. The summed E-state index contributed by atoms with van der Waals surface area (Å²) in [6.45, 7) is 0. The van der Waals surface area contributed by atoms with E-state index in [4.69, 9.17) is 4.98 Å². The van der Waals surface area contributed by atoms with Crippen molar-refractivity contribution < 1.29 is 0 Å². The first kappa shape index (κ1) is 26.6. The number of fused-ring (bicyclic) bond motifs is 3. The van der Waals surface area contributed by atoms with Gasteiger partial charge in [0.1, 0.15) is 5.82 Å². The molecule has 0 aliphatic rings. The fourth-order valence-corrected chi connectivity index (χ4v) is 6.13. The standard InChI is InChI=1S/C42H28N2O/c45-42-39-25-24-32-16-10-11-19-38(32)40(39)43-41(44(42)37-17-8-3-9-18-37)33-22-20-31(21-23-33)36-27-34(29-12-4-1-5-13-29)26-35(28-36)30-14-6-2-7-15-30/h1-28H. The number of benzene rings is 7. The van der Waals surface area contributed by atoms with Crippen molar-refractivity contribution in [2.75, 3.05) is 0 Å². The largest absolute Gasteiger partial charge is 0.268 e. The van der Waals surface area contributed by atoms with Gasteiger partial charge >= 0.3 is 0 Å². The molecule has 0 aliphatic heterocycles. The Bertz CT molecular complexity index is 2300. The number of hydrogen-bond donors (Lipinski definition) is 0. The Morgan fingerprint density at radius 1 is 0.400 bits per heavy atom. The molecule has 45 heavy (non-hydrogen) atoms. The molecule has 8 aromatic rings. The quantitative estimate of drug-likeness (QED) is 0.191. The molecule has 212 valence electrons. The lowest BCUT2D eigenvalue weighted by molar-refractivity contribution is 0.977. The molecule has 7 aromatic carbocycles. The van der Waals surface area contributed by atoms with Crippen LogP contribution in [0.5, 0.6) is 0 Å². The summed E-state index contributed by atoms with van der Waals surface area (Å²) in [7, 11) is 0. The highest BCUT2D eigenvalue weighted by atomic mass is 16.1. The van der Waals surface area contributed by atoms with Crippen molar-refractivity contribution >= 4 is 21.7 Å². The van der Waals surface area contributed by atoms with Crippen molar-refractivity contribution in [1.82, 2.24) is 9.55 Å². The predicted octanol–water partition coefficient (Wildman–Crippen LogP) is 10.2. The van der Waals surface area contributed by atoms with E-state index < -0.39 is 0 Å². The molecular weight excluding hydrogens is 548 g/mol. The van der Waals surface area contributed by atoms with E-state index in [9.17, 15) is 4.79 Å². The third kappa shape index (κ3) is 4.91. The molecule has 0 spiro atoms. The van der Waals surface area contributed by atoms with Crippen molar-refractivity contribution in [1.29, 1.82) is 0 Å². The van der Waals surface area contributed by atoms with Gasteiger partial charge in [-0.15, -0.1) is 0 Å². The van der Waals surface area contributed by atoms with Crippen LogP contribution in [0.4, 0.5) is 0 Å². The van der Waals surface area contributed by atoms with Crippen molar-refractivity contribution in [2.24, 2.45) is 0 Å². The minimum atomic E-state index is -0.0842. The number of nitrogens with zero attached hydrogens (tertiary/aromatic N) is 2. The maximum Gasteiger partial charge on any atom is 0.266 e. The van der Waals surface area contributed by atoms with E-state index in [1.165, 1.54) is 11.1 Å². The van der Waals surface area contributed by atoms with Crippen LogP contribution < -0.4 is 5.56 Å². The summed E-state index contributed by atoms with van der Waals surface area (Å²) in [5.41, 5.74) is 9.18. The second-order valence-corrected chi connectivity index (χ2v) is 11.2. The van der Waals surface area contributed by atoms with E-state index in [0.717, 1.165) is 44.3 Å². The van der Waals surface area contributed by atoms with Gasteiger partial charge in [0.25, 0.3) is 5.56 Å². The molecule has 1 aromatic heterocycles. The van der Waals surface area contributed by atoms with Crippen LogP contribution in [0, 0.1) is 0 Å². The lowest BCUT2D eigenvalue weighted by Gasteiger charge is -2.16. The molecule has 3 heteroatoms. The Morgan fingerprint density at radius 3 is 1.49 bits per heavy atom. The van der Waals surface area contributed by atoms with Gasteiger partial charge in [0, 0.05) is 10.9 Å². The van der Waals surface area contributed by atoms with Crippen LogP contribution >= 0.6 is 0 Å². The fourth-order valence-electron chi connectivity index (χ4n) is 6.13. The zero-order chi connectivity index (χ0) is 30.2. The predicted molar refractivity (Wildman–Crippen MR) is 187 cm³/mol. The molecule has 0 saturated heterocycles. The van der Waals surface area contributed by atoms with Crippen molar-refractivity contribution in [2.45, 2.75) is 0 Å². The van der Waals surface area contributed by atoms with E-state index >= 15 is 0 Å². The molecule has 0 unspecified atom stereocenters. The lowest BCUT2D eigenvalue weighted by atomic mass is 9.93. The first-order valence-corrected chi connectivity index (χ1v) is 15.1. The second-order valence-electron chi connectivity index (χ2n) is 11.2. The van der Waals surface area contributed by atoms with Crippen LogP contribution in [0.2, 0.25) is 0 Å². The van der Waals surface area contributed by atoms with Gasteiger partial charge in [-0.1, -0.05) is 133 Å². The summed E-state index contributed by atoms with van der Waals surface area (Å²) in [5, 5.41) is 2.63. The average Bonchev–Trinajstić information content (AvgIpc) is 3.12. The van der Waals surface area contributed by atoms with Gasteiger partial charge in [0.2, 0.25) is 0 Å². The average molecular weight is 577 g/mol. The lowest BCUT2D eigenvalue weighted by Crippen LogP contribution is -2.22. The number of aromatic nitrogens is 2. The number of para-hydroxylation sites is 1. The third-order valence-corrected chi connectivity index (χ3v) is 8.40. The Kier molecular flexibility index (Phi) is 6.62. The summed E-state index contributed by atoms with van der Waals surface area (Å²) in [4.78, 5) is 19.3. The summed E-state index contributed by atoms with van der Waals surface area (Å²) in [6.07, 6.45) is 0. The van der Waals surface area contributed by atoms with Gasteiger partial charge in [-0.3, -0.25) is 9.36 Å². The molecule has 0 amide bonds. The highest BCUT2D eigenvalue weighted by Gasteiger charge is 2.17. The summed E-state index contributed by atoms with van der Waals surface area (Å²) < 4.78 is 1.73. The Hall–Kier alpha value is -6.06. The normalized spacial score (nSPS) is 11.2. The highest BCUT2D eigenvalue weighted by Crippen LogP contribution is 2.34. The van der Waals surface area contributed by atoms with E-state index in [0.29, 0.717) is 16.7 Å². The number of hydrogen-bond acceptors (Lipinski definition) is 2. The van der Waals surface area contributed by atoms with Crippen LogP contribution in [-0.4, -0.2) is 9.55 Å². The molecule has 0 N–H and O–H groups in total. The minimum absolute atomic E-state index is 0.0842. The zero-order valence-corrected chi connectivity index (χ0v) is 24.5. The molecule has 0 atom stereocenters. The van der Waals surface area contributed by atoms with Gasteiger partial charge in [-0.2, -0.15) is 0 Å². The van der Waals surface area contributed by atoms with Gasteiger partial charge in [-0.25, -0.2) is 4.98 Å².